The Morgan fingerprint density at radius 1 is 1.44 bits per heavy atom. The number of imidazole rings is 1. The molecule has 0 spiro atoms. The third-order valence-corrected chi connectivity index (χ3v) is 4.14. The average Bonchev–Trinajstić information content (AvgIpc) is 2.87. The molecule has 0 saturated carbocycles. The molecular weight excluding hydrogens is 278 g/mol. The van der Waals surface area contributed by atoms with E-state index in [0.29, 0.717) is 5.82 Å². The second kappa shape index (κ2) is 4.89. The number of nitrogens with zero attached hydrogens (tertiary/aromatic N) is 3. The molecule has 1 fully saturated rings. The molecule has 100 valence electrons. The Morgan fingerprint density at radius 2 is 2.06 bits per heavy atom. The largest absolute Gasteiger partial charge is 0.341 e. The summed E-state index contributed by atoms with van der Waals surface area (Å²) in [7, 11) is 1.36. The average molecular weight is 292 g/mol. The molecule has 2 rings (SSSR count). The minimum absolute atomic E-state index is 0.0217. The molecule has 0 unspecified atom stereocenters. The Bertz CT molecular complexity index is 561. The normalized spacial score (nSPS) is 16.2. The summed E-state index contributed by atoms with van der Waals surface area (Å²) in [6, 6.07) is 0. The third-order valence-electron chi connectivity index (χ3n) is 2.97. The van der Waals surface area contributed by atoms with Gasteiger partial charge in [0.25, 0.3) is 9.05 Å². The van der Waals surface area contributed by atoms with E-state index in [1.807, 2.05) is 0 Å². The Morgan fingerprint density at radius 3 is 2.56 bits per heavy atom. The summed E-state index contributed by atoms with van der Waals surface area (Å²) in [6.45, 7) is 3.29. The number of halogens is 1. The first-order chi connectivity index (χ1) is 8.38. The topological polar surface area (TPSA) is 72.3 Å². The Balaban J connectivity index is 2.14. The molecule has 8 heteroatoms. The van der Waals surface area contributed by atoms with Gasteiger partial charge in [-0.1, -0.05) is 0 Å². The molecule has 1 saturated heterocycles. The van der Waals surface area contributed by atoms with Crippen LogP contribution in [0.2, 0.25) is 0 Å². The van der Waals surface area contributed by atoms with Crippen molar-refractivity contribution in [2.75, 3.05) is 13.1 Å². The van der Waals surface area contributed by atoms with Gasteiger partial charge in [0.05, 0.1) is 0 Å². The predicted molar refractivity (Wildman–Crippen MR) is 65.8 cm³/mol. The zero-order chi connectivity index (χ0) is 13.3. The van der Waals surface area contributed by atoms with Crippen molar-refractivity contribution >= 4 is 25.6 Å². The first-order valence-electron chi connectivity index (χ1n) is 5.64. The molecule has 0 atom stereocenters. The highest BCUT2D eigenvalue weighted by atomic mass is 35.7. The molecule has 0 bridgehead atoms. The van der Waals surface area contributed by atoms with Gasteiger partial charge in [-0.25, -0.2) is 13.4 Å². The van der Waals surface area contributed by atoms with Crippen LogP contribution >= 0.6 is 10.7 Å². The first kappa shape index (κ1) is 13.4. The van der Waals surface area contributed by atoms with E-state index in [9.17, 15) is 13.2 Å². The maximum atomic E-state index is 11.9. The van der Waals surface area contributed by atoms with Gasteiger partial charge in [-0.3, -0.25) is 4.79 Å². The molecule has 0 aromatic carbocycles. The van der Waals surface area contributed by atoms with Gasteiger partial charge in [-0.15, -0.1) is 0 Å². The number of rotatable bonds is 3. The molecule has 0 aliphatic carbocycles. The summed E-state index contributed by atoms with van der Waals surface area (Å²) in [5.41, 5.74) is 0. The van der Waals surface area contributed by atoms with Crippen molar-refractivity contribution < 1.29 is 13.2 Å². The molecule has 1 aromatic rings. The predicted octanol–water partition coefficient (Wildman–Crippen LogP) is 0.741. The highest BCUT2D eigenvalue weighted by Gasteiger charge is 2.21. The van der Waals surface area contributed by atoms with E-state index in [-0.39, 0.29) is 17.5 Å². The van der Waals surface area contributed by atoms with Gasteiger partial charge in [-0.2, -0.15) is 0 Å². The SMILES string of the molecule is Cc1nc(S(=O)(=O)Cl)cn1CC(=O)N1CCCC1. The van der Waals surface area contributed by atoms with Crippen molar-refractivity contribution in [1.82, 2.24) is 14.5 Å². The molecule has 1 aliphatic heterocycles. The number of aryl methyl sites for hydroxylation is 1. The van der Waals surface area contributed by atoms with Crippen LogP contribution in [0.5, 0.6) is 0 Å². The Hall–Kier alpha value is -1.08. The molecule has 0 N–H and O–H groups in total. The molecule has 1 amide bonds. The van der Waals surface area contributed by atoms with E-state index in [2.05, 4.69) is 4.98 Å². The highest BCUT2D eigenvalue weighted by molar-refractivity contribution is 8.13. The van der Waals surface area contributed by atoms with Crippen LogP contribution in [0.1, 0.15) is 18.7 Å². The van der Waals surface area contributed by atoms with Gasteiger partial charge in [-0.05, 0) is 19.8 Å². The van der Waals surface area contributed by atoms with E-state index in [0.717, 1.165) is 25.9 Å². The summed E-state index contributed by atoms with van der Waals surface area (Å²) in [6.07, 6.45) is 3.34. The Kier molecular flexibility index (Phi) is 3.63. The maximum absolute atomic E-state index is 11.9. The smallest absolute Gasteiger partial charge is 0.280 e. The summed E-state index contributed by atoms with van der Waals surface area (Å²) in [5.74, 6) is 0.438. The summed E-state index contributed by atoms with van der Waals surface area (Å²) in [4.78, 5) is 17.5. The van der Waals surface area contributed by atoms with Crippen LogP contribution < -0.4 is 0 Å². The van der Waals surface area contributed by atoms with Crippen LogP contribution in [-0.2, 0) is 20.4 Å². The van der Waals surface area contributed by atoms with E-state index >= 15 is 0 Å². The van der Waals surface area contributed by atoms with Crippen LogP contribution in [0.15, 0.2) is 11.2 Å². The third kappa shape index (κ3) is 2.84. The van der Waals surface area contributed by atoms with Gasteiger partial charge >= 0.3 is 0 Å². The van der Waals surface area contributed by atoms with Crippen molar-refractivity contribution in [1.29, 1.82) is 0 Å². The van der Waals surface area contributed by atoms with Crippen LogP contribution in [0.4, 0.5) is 0 Å². The van der Waals surface area contributed by atoms with Crippen LogP contribution in [0, 0.1) is 6.92 Å². The fourth-order valence-electron chi connectivity index (χ4n) is 1.97. The number of carbonyl (C=O) groups is 1. The van der Waals surface area contributed by atoms with Gasteiger partial charge in [0.15, 0.2) is 5.03 Å². The second-order valence-electron chi connectivity index (χ2n) is 4.28. The van der Waals surface area contributed by atoms with Crippen molar-refractivity contribution in [3.05, 3.63) is 12.0 Å². The minimum Gasteiger partial charge on any atom is -0.341 e. The standard InChI is InChI=1S/C10H14ClN3O3S/c1-8-12-9(18(11,16)17)6-14(8)7-10(15)13-4-2-3-5-13/h6H,2-5,7H2,1H3. The number of hydrogen-bond donors (Lipinski definition) is 0. The Labute approximate surface area is 110 Å². The van der Waals surface area contributed by atoms with Gasteiger partial charge in [0.2, 0.25) is 5.91 Å². The maximum Gasteiger partial charge on any atom is 0.280 e. The molecule has 2 heterocycles. The lowest BCUT2D eigenvalue weighted by Gasteiger charge is -2.15. The summed E-state index contributed by atoms with van der Waals surface area (Å²) in [5, 5.41) is -0.212. The van der Waals surface area contributed by atoms with Gasteiger partial charge in [0, 0.05) is 30.0 Å². The number of aromatic nitrogens is 2. The van der Waals surface area contributed by atoms with Crippen molar-refractivity contribution in [2.24, 2.45) is 0 Å². The molecule has 18 heavy (non-hydrogen) atoms. The van der Waals surface area contributed by atoms with E-state index in [4.69, 9.17) is 10.7 Å². The zero-order valence-corrected chi connectivity index (χ0v) is 11.5. The fourth-order valence-corrected chi connectivity index (χ4v) is 2.69. The van der Waals surface area contributed by atoms with E-state index < -0.39 is 9.05 Å². The lowest BCUT2D eigenvalue weighted by molar-refractivity contribution is -0.130. The summed E-state index contributed by atoms with van der Waals surface area (Å²) < 4.78 is 23.8. The van der Waals surface area contributed by atoms with Crippen LogP contribution in [0.3, 0.4) is 0 Å². The van der Waals surface area contributed by atoms with Crippen molar-refractivity contribution in [3.63, 3.8) is 0 Å². The van der Waals surface area contributed by atoms with E-state index in [1.165, 1.54) is 10.8 Å². The molecule has 0 radical (unpaired) electrons. The lowest BCUT2D eigenvalue weighted by atomic mass is 10.4. The number of amides is 1. The number of likely N-dealkylation sites (tertiary alicyclic amines) is 1. The van der Waals surface area contributed by atoms with Gasteiger partial charge < -0.3 is 9.47 Å². The summed E-state index contributed by atoms with van der Waals surface area (Å²) >= 11 is 0. The molecular formula is C10H14ClN3O3S. The van der Waals surface area contributed by atoms with Crippen molar-refractivity contribution in [3.8, 4) is 0 Å². The molecule has 1 aliphatic rings. The number of carbonyl (C=O) groups excluding carboxylic acids is 1. The van der Waals surface area contributed by atoms with Crippen LogP contribution in [-0.4, -0.2) is 41.9 Å². The zero-order valence-electron chi connectivity index (χ0n) is 9.97. The highest BCUT2D eigenvalue weighted by Crippen LogP contribution is 2.15. The molecule has 6 nitrogen and oxygen atoms in total. The van der Waals surface area contributed by atoms with E-state index in [1.54, 1.807) is 11.8 Å². The number of hydrogen-bond acceptors (Lipinski definition) is 4. The fraction of sp³-hybridized carbons (Fsp3) is 0.600. The van der Waals surface area contributed by atoms with Crippen LogP contribution in [0.25, 0.3) is 0 Å². The second-order valence-corrected chi connectivity index (χ2v) is 6.79. The quantitative estimate of drug-likeness (QED) is 0.770. The minimum atomic E-state index is -3.84. The van der Waals surface area contributed by atoms with Gasteiger partial charge in [0.1, 0.15) is 12.4 Å². The van der Waals surface area contributed by atoms with Crippen molar-refractivity contribution in [2.45, 2.75) is 31.3 Å². The lowest BCUT2D eigenvalue weighted by Crippen LogP contribution is -2.31. The molecule has 1 aromatic heterocycles. The first-order valence-corrected chi connectivity index (χ1v) is 7.95. The monoisotopic (exact) mass is 291 g/mol.